The van der Waals surface area contributed by atoms with Crippen molar-refractivity contribution in [3.8, 4) is 0 Å². The molecule has 0 bridgehead atoms. The summed E-state index contributed by atoms with van der Waals surface area (Å²) < 4.78 is 29.0. The van der Waals surface area contributed by atoms with E-state index in [9.17, 15) is 13.6 Å². The lowest BCUT2D eigenvalue weighted by molar-refractivity contribution is -0.138. The molecule has 1 fully saturated rings. The number of halogens is 2. The van der Waals surface area contributed by atoms with E-state index in [0.717, 1.165) is 31.7 Å². The van der Waals surface area contributed by atoms with E-state index in [1.54, 1.807) is 4.90 Å². The molecule has 1 aliphatic rings. The fourth-order valence-corrected chi connectivity index (χ4v) is 3.96. The van der Waals surface area contributed by atoms with E-state index in [1.165, 1.54) is 10.6 Å². The Balaban J connectivity index is 1.42. The average molecular weight is 402 g/mol. The van der Waals surface area contributed by atoms with Crippen LogP contribution in [-0.4, -0.2) is 44.0 Å². The molecule has 0 unspecified atom stereocenters. The molecular formula is C20H24F2N6O. The maximum Gasteiger partial charge on any atom is 0.225 e. The van der Waals surface area contributed by atoms with Crippen LogP contribution in [0.4, 0.5) is 14.7 Å². The van der Waals surface area contributed by atoms with Gasteiger partial charge in [-0.25, -0.2) is 18.7 Å². The van der Waals surface area contributed by atoms with Crippen LogP contribution >= 0.6 is 0 Å². The monoisotopic (exact) mass is 402 g/mol. The normalized spacial score (nSPS) is 18.9. The highest BCUT2D eigenvalue weighted by molar-refractivity contribution is 5.92. The molecule has 1 amide bonds. The molecule has 0 radical (unpaired) electrons. The van der Waals surface area contributed by atoms with E-state index in [4.69, 9.17) is 5.73 Å². The van der Waals surface area contributed by atoms with Crippen LogP contribution in [-0.2, 0) is 11.2 Å². The highest BCUT2D eigenvalue weighted by Crippen LogP contribution is 2.34. The predicted octanol–water partition coefficient (Wildman–Crippen LogP) is 2.97. The number of unbranched alkanes of at least 4 members (excludes halogenated alkanes) is 1. The van der Waals surface area contributed by atoms with Gasteiger partial charge in [0.1, 0.15) is 11.3 Å². The molecule has 2 aromatic heterocycles. The van der Waals surface area contributed by atoms with Crippen molar-refractivity contribution in [2.24, 2.45) is 11.8 Å². The largest absolute Gasteiger partial charge is 0.368 e. The highest BCUT2D eigenvalue weighted by atomic mass is 19.1. The zero-order chi connectivity index (χ0) is 20.7. The van der Waals surface area contributed by atoms with E-state index >= 15 is 0 Å². The molecule has 1 aliphatic carbocycles. The van der Waals surface area contributed by atoms with Gasteiger partial charge < -0.3 is 10.6 Å². The summed E-state index contributed by atoms with van der Waals surface area (Å²) in [6.45, 7) is 2.85. The van der Waals surface area contributed by atoms with Gasteiger partial charge in [-0.15, -0.1) is 5.10 Å². The zero-order valence-electron chi connectivity index (χ0n) is 16.5. The van der Waals surface area contributed by atoms with Gasteiger partial charge in [-0.3, -0.25) is 4.79 Å². The molecule has 154 valence electrons. The second kappa shape index (κ2) is 7.53. The van der Waals surface area contributed by atoms with Crippen molar-refractivity contribution < 1.29 is 13.6 Å². The molecule has 4 rings (SSSR count). The van der Waals surface area contributed by atoms with E-state index in [1.807, 2.05) is 7.05 Å². The van der Waals surface area contributed by atoms with Gasteiger partial charge in [0.15, 0.2) is 17.3 Å². The molecule has 0 spiro atoms. The minimum Gasteiger partial charge on any atom is -0.368 e. The molecule has 2 N–H and O–H groups in total. The number of nitrogens with two attached hydrogens (primary N) is 1. The number of rotatable bonds is 6. The van der Waals surface area contributed by atoms with Crippen LogP contribution in [0.1, 0.15) is 38.4 Å². The molecule has 9 heteroatoms. The Kier molecular flexibility index (Phi) is 5.06. The van der Waals surface area contributed by atoms with Crippen molar-refractivity contribution in [2.75, 3.05) is 19.3 Å². The van der Waals surface area contributed by atoms with Crippen LogP contribution < -0.4 is 5.73 Å². The molecule has 2 heterocycles. The van der Waals surface area contributed by atoms with Crippen LogP contribution in [0, 0.1) is 23.5 Å². The Morgan fingerprint density at radius 1 is 1.28 bits per heavy atom. The number of anilines is 1. The quantitative estimate of drug-likeness (QED) is 0.641. The number of benzene rings is 1. The number of aryl methyl sites for hydroxylation is 1. The predicted molar refractivity (Wildman–Crippen MR) is 105 cm³/mol. The number of hydrogen-bond donors (Lipinski definition) is 1. The van der Waals surface area contributed by atoms with Gasteiger partial charge in [-0.1, -0.05) is 6.92 Å². The summed E-state index contributed by atoms with van der Waals surface area (Å²) in [5.41, 5.74) is 6.13. The average Bonchev–Trinajstić information content (AvgIpc) is 3.08. The van der Waals surface area contributed by atoms with Crippen molar-refractivity contribution >= 4 is 28.4 Å². The summed E-state index contributed by atoms with van der Waals surface area (Å²) >= 11 is 0. The Morgan fingerprint density at radius 2 is 2.03 bits per heavy atom. The molecule has 29 heavy (non-hydrogen) atoms. The van der Waals surface area contributed by atoms with Gasteiger partial charge in [0.05, 0.1) is 5.39 Å². The third-order valence-corrected chi connectivity index (χ3v) is 5.61. The van der Waals surface area contributed by atoms with Crippen LogP contribution in [0.25, 0.3) is 16.6 Å². The topological polar surface area (TPSA) is 89.4 Å². The molecule has 3 aromatic rings. The number of nitrogen functional groups attached to an aromatic ring is 1. The number of carbonyl (C=O) groups excluding carboxylic acids is 1. The Labute approximate surface area is 166 Å². The first-order valence-corrected chi connectivity index (χ1v) is 9.88. The summed E-state index contributed by atoms with van der Waals surface area (Å²) in [6, 6.07) is 1.95. The van der Waals surface area contributed by atoms with E-state index in [-0.39, 0.29) is 34.3 Å². The molecular weight excluding hydrogens is 378 g/mol. The van der Waals surface area contributed by atoms with Crippen molar-refractivity contribution in [3.05, 3.63) is 29.6 Å². The van der Waals surface area contributed by atoms with E-state index < -0.39 is 11.6 Å². The third-order valence-electron chi connectivity index (χ3n) is 5.61. The minimum absolute atomic E-state index is 0.00295. The number of hydrogen-bond acceptors (Lipinski definition) is 5. The summed E-state index contributed by atoms with van der Waals surface area (Å²) in [4.78, 5) is 22.5. The Bertz CT molecular complexity index is 1080. The van der Waals surface area contributed by atoms with Gasteiger partial charge in [-0.05, 0) is 37.7 Å². The SMILES string of the molecule is CC1CC(C(=O)N(C)CCCCc2nc3c4cc(F)cc(F)c4nc(N)n3n2)C1. The van der Waals surface area contributed by atoms with E-state index in [0.29, 0.717) is 24.7 Å². The lowest BCUT2D eigenvalue weighted by atomic mass is 9.75. The standard InChI is InChI=1S/C20H24F2N6O/c1-11-7-12(8-11)19(29)27(2)6-4-3-5-16-24-18-14-9-13(21)10-15(22)17(14)25-20(23)28(18)26-16/h9-12H,3-8H2,1-2H3,(H2,23,25). The van der Waals surface area contributed by atoms with Crippen LogP contribution in [0.5, 0.6) is 0 Å². The summed E-state index contributed by atoms with van der Waals surface area (Å²) in [5, 5.41) is 4.56. The Morgan fingerprint density at radius 3 is 2.76 bits per heavy atom. The minimum atomic E-state index is -0.785. The van der Waals surface area contributed by atoms with Crippen LogP contribution in [0.2, 0.25) is 0 Å². The molecule has 1 saturated carbocycles. The number of amides is 1. The number of aromatic nitrogens is 4. The molecule has 0 aliphatic heterocycles. The smallest absolute Gasteiger partial charge is 0.225 e. The van der Waals surface area contributed by atoms with Gasteiger partial charge in [0.2, 0.25) is 11.9 Å². The van der Waals surface area contributed by atoms with Gasteiger partial charge in [0.25, 0.3) is 0 Å². The fourth-order valence-electron chi connectivity index (χ4n) is 3.96. The highest BCUT2D eigenvalue weighted by Gasteiger charge is 2.32. The Hall–Kier alpha value is -2.84. The number of carbonyl (C=O) groups is 1. The number of nitrogens with zero attached hydrogens (tertiary/aromatic N) is 5. The van der Waals surface area contributed by atoms with Crippen LogP contribution in [0.3, 0.4) is 0 Å². The van der Waals surface area contributed by atoms with Crippen LogP contribution in [0.15, 0.2) is 12.1 Å². The maximum absolute atomic E-state index is 14.0. The molecule has 0 atom stereocenters. The van der Waals surface area contributed by atoms with Crippen molar-refractivity contribution in [1.82, 2.24) is 24.5 Å². The fraction of sp³-hybridized carbons (Fsp3) is 0.500. The zero-order valence-corrected chi connectivity index (χ0v) is 16.5. The lowest BCUT2D eigenvalue weighted by Gasteiger charge is -2.34. The third kappa shape index (κ3) is 3.73. The summed E-state index contributed by atoms with van der Waals surface area (Å²) in [7, 11) is 1.84. The first kappa shape index (κ1) is 19.5. The second-order valence-corrected chi connectivity index (χ2v) is 8.01. The van der Waals surface area contributed by atoms with E-state index in [2.05, 4.69) is 22.0 Å². The van der Waals surface area contributed by atoms with Gasteiger partial charge >= 0.3 is 0 Å². The first-order valence-electron chi connectivity index (χ1n) is 9.88. The van der Waals surface area contributed by atoms with Crippen molar-refractivity contribution in [3.63, 3.8) is 0 Å². The van der Waals surface area contributed by atoms with Crippen molar-refractivity contribution in [1.29, 1.82) is 0 Å². The first-order chi connectivity index (χ1) is 13.8. The summed E-state index contributed by atoms with van der Waals surface area (Å²) in [6.07, 6.45) is 4.14. The molecule has 7 nitrogen and oxygen atoms in total. The maximum atomic E-state index is 14.0. The second-order valence-electron chi connectivity index (χ2n) is 8.01. The lowest BCUT2D eigenvalue weighted by Crippen LogP contribution is -2.39. The molecule has 1 aromatic carbocycles. The van der Waals surface area contributed by atoms with Gasteiger partial charge in [0, 0.05) is 32.0 Å². The molecule has 0 saturated heterocycles. The summed E-state index contributed by atoms with van der Waals surface area (Å²) in [5.74, 6) is 0.0876. The van der Waals surface area contributed by atoms with Crippen molar-refractivity contribution in [2.45, 2.75) is 39.0 Å². The van der Waals surface area contributed by atoms with Gasteiger partial charge in [-0.2, -0.15) is 4.52 Å². The number of fused-ring (bicyclic) bond motifs is 3.